The highest BCUT2D eigenvalue weighted by Crippen LogP contribution is 2.50. The highest BCUT2D eigenvalue weighted by Gasteiger charge is 2.41. The largest absolute Gasteiger partial charge is 0.330 e. The van der Waals surface area contributed by atoms with Crippen molar-refractivity contribution in [2.45, 2.75) is 25.7 Å². The van der Waals surface area contributed by atoms with E-state index in [-0.39, 0.29) is 0 Å². The minimum Gasteiger partial charge on any atom is -0.330 e. The van der Waals surface area contributed by atoms with Gasteiger partial charge in [-0.25, -0.2) is 0 Å². The molecule has 0 aromatic carbocycles. The van der Waals surface area contributed by atoms with Gasteiger partial charge < -0.3 is 5.73 Å². The first-order valence-corrected chi connectivity index (χ1v) is 4.10. The van der Waals surface area contributed by atoms with Crippen molar-refractivity contribution < 1.29 is 0 Å². The van der Waals surface area contributed by atoms with Gasteiger partial charge in [-0.2, -0.15) is 0 Å². The normalized spacial score (nSPS) is 48.3. The minimum absolute atomic E-state index is 0.883. The highest BCUT2D eigenvalue weighted by molar-refractivity contribution is 4.92. The van der Waals surface area contributed by atoms with Gasteiger partial charge in [0.25, 0.3) is 0 Å². The number of nitrogens with two attached hydrogens (primary N) is 1. The third-order valence-electron chi connectivity index (χ3n) is 2.98. The zero-order chi connectivity index (χ0) is 6.27. The van der Waals surface area contributed by atoms with Crippen LogP contribution in [-0.2, 0) is 0 Å². The molecule has 9 heavy (non-hydrogen) atoms. The fourth-order valence-corrected chi connectivity index (χ4v) is 2.16. The van der Waals surface area contributed by atoms with E-state index in [1.807, 2.05) is 0 Å². The summed E-state index contributed by atoms with van der Waals surface area (Å²) in [5.41, 5.74) is 5.58. The van der Waals surface area contributed by atoms with Crippen molar-refractivity contribution in [3.05, 3.63) is 0 Å². The lowest BCUT2D eigenvalue weighted by molar-refractivity contribution is 0.351. The molecule has 2 rings (SSSR count). The summed E-state index contributed by atoms with van der Waals surface area (Å²) in [5, 5.41) is 0. The molecule has 1 heteroatoms. The van der Waals surface area contributed by atoms with E-state index in [1.165, 1.54) is 25.7 Å². The lowest BCUT2D eigenvalue weighted by Gasteiger charge is -2.18. The van der Waals surface area contributed by atoms with Crippen LogP contribution in [0.15, 0.2) is 0 Å². The van der Waals surface area contributed by atoms with Crippen molar-refractivity contribution in [2.75, 3.05) is 6.54 Å². The van der Waals surface area contributed by atoms with Crippen LogP contribution in [0.1, 0.15) is 25.7 Å². The van der Waals surface area contributed by atoms with Crippen LogP contribution in [0.5, 0.6) is 0 Å². The van der Waals surface area contributed by atoms with E-state index in [1.54, 1.807) is 0 Å². The Balaban J connectivity index is 1.86. The molecule has 0 aromatic heterocycles. The molecule has 0 spiro atoms. The fraction of sp³-hybridized carbons (Fsp3) is 1.00. The quantitative estimate of drug-likeness (QED) is 0.563. The molecule has 2 aliphatic rings. The molecule has 1 nitrogen and oxygen atoms in total. The van der Waals surface area contributed by atoms with Gasteiger partial charge >= 0.3 is 0 Å². The topological polar surface area (TPSA) is 26.0 Å². The Morgan fingerprint density at radius 2 is 2.00 bits per heavy atom. The van der Waals surface area contributed by atoms with E-state index in [2.05, 4.69) is 0 Å². The van der Waals surface area contributed by atoms with Gasteiger partial charge in [-0.3, -0.25) is 0 Å². The summed E-state index contributed by atoms with van der Waals surface area (Å²) in [6.45, 7) is 0.934. The van der Waals surface area contributed by atoms with Gasteiger partial charge in [0, 0.05) is 0 Å². The standard InChI is InChI=1S/C8H15N/c9-5-6-1-2-7-4-8(7)3-6/h6-8H,1-5,9H2/t6-,7+,8+/m1/s1. The van der Waals surface area contributed by atoms with Crippen molar-refractivity contribution in [3.63, 3.8) is 0 Å². The first kappa shape index (κ1) is 5.72. The Morgan fingerprint density at radius 3 is 2.67 bits per heavy atom. The summed E-state index contributed by atoms with van der Waals surface area (Å²) in [7, 11) is 0. The molecular weight excluding hydrogens is 110 g/mol. The fourth-order valence-electron chi connectivity index (χ4n) is 2.16. The zero-order valence-electron chi connectivity index (χ0n) is 5.84. The summed E-state index contributed by atoms with van der Waals surface area (Å²) < 4.78 is 0. The number of fused-ring (bicyclic) bond motifs is 1. The summed E-state index contributed by atoms with van der Waals surface area (Å²) in [4.78, 5) is 0. The summed E-state index contributed by atoms with van der Waals surface area (Å²) in [6, 6.07) is 0. The minimum atomic E-state index is 0.883. The third kappa shape index (κ3) is 0.983. The van der Waals surface area contributed by atoms with Gasteiger partial charge in [0.15, 0.2) is 0 Å². The summed E-state index contributed by atoms with van der Waals surface area (Å²) in [5.74, 6) is 3.12. The van der Waals surface area contributed by atoms with Crippen molar-refractivity contribution in [3.8, 4) is 0 Å². The first-order chi connectivity index (χ1) is 4.40. The van der Waals surface area contributed by atoms with Crippen LogP contribution < -0.4 is 5.73 Å². The first-order valence-electron chi connectivity index (χ1n) is 4.10. The van der Waals surface area contributed by atoms with Gasteiger partial charge in [-0.15, -0.1) is 0 Å². The van der Waals surface area contributed by atoms with Crippen molar-refractivity contribution in [2.24, 2.45) is 23.5 Å². The molecule has 0 heterocycles. The maximum absolute atomic E-state index is 5.58. The molecule has 2 fully saturated rings. The number of hydrogen-bond acceptors (Lipinski definition) is 1. The molecule has 52 valence electrons. The van der Waals surface area contributed by atoms with Gasteiger partial charge in [0.2, 0.25) is 0 Å². The van der Waals surface area contributed by atoms with Gasteiger partial charge in [-0.05, 0) is 50.0 Å². The maximum atomic E-state index is 5.58. The zero-order valence-corrected chi connectivity index (χ0v) is 5.84. The lowest BCUT2D eigenvalue weighted by Crippen LogP contribution is -2.18. The maximum Gasteiger partial charge on any atom is -0.00488 e. The molecule has 0 bridgehead atoms. The van der Waals surface area contributed by atoms with Gasteiger partial charge in [0.05, 0.1) is 0 Å². The van der Waals surface area contributed by atoms with E-state index in [0.29, 0.717) is 0 Å². The van der Waals surface area contributed by atoms with Crippen LogP contribution in [0.2, 0.25) is 0 Å². The smallest absolute Gasteiger partial charge is 0.00488 e. The molecule has 2 aliphatic carbocycles. The van der Waals surface area contributed by atoms with Crippen LogP contribution in [0.3, 0.4) is 0 Å². The molecule has 0 amide bonds. The highest BCUT2D eigenvalue weighted by atomic mass is 14.6. The second-order valence-electron chi connectivity index (χ2n) is 3.67. The van der Waals surface area contributed by atoms with Crippen molar-refractivity contribution >= 4 is 0 Å². The second kappa shape index (κ2) is 1.98. The van der Waals surface area contributed by atoms with Crippen LogP contribution >= 0.6 is 0 Å². The van der Waals surface area contributed by atoms with Gasteiger partial charge in [-0.1, -0.05) is 0 Å². The molecule has 0 saturated heterocycles. The Kier molecular flexibility index (Phi) is 1.26. The van der Waals surface area contributed by atoms with Gasteiger partial charge in [0.1, 0.15) is 0 Å². The lowest BCUT2D eigenvalue weighted by atomic mass is 9.90. The molecule has 0 unspecified atom stereocenters. The summed E-state index contributed by atoms with van der Waals surface area (Å²) >= 11 is 0. The third-order valence-corrected chi connectivity index (χ3v) is 2.98. The van der Waals surface area contributed by atoms with Crippen LogP contribution in [0, 0.1) is 17.8 Å². The van der Waals surface area contributed by atoms with Crippen molar-refractivity contribution in [1.82, 2.24) is 0 Å². The molecule has 0 aromatic rings. The average Bonchev–Trinajstić information content (AvgIpc) is 2.64. The van der Waals surface area contributed by atoms with E-state index in [4.69, 9.17) is 5.73 Å². The van der Waals surface area contributed by atoms with E-state index >= 15 is 0 Å². The van der Waals surface area contributed by atoms with Crippen LogP contribution in [0.4, 0.5) is 0 Å². The molecule has 0 radical (unpaired) electrons. The van der Waals surface area contributed by atoms with Crippen LogP contribution in [-0.4, -0.2) is 6.54 Å². The molecule has 0 aliphatic heterocycles. The Labute approximate surface area is 56.6 Å². The Bertz CT molecular complexity index is 111. The second-order valence-corrected chi connectivity index (χ2v) is 3.67. The number of rotatable bonds is 1. The van der Waals surface area contributed by atoms with E-state index in [9.17, 15) is 0 Å². The Hall–Kier alpha value is -0.0400. The molecule has 3 atom stereocenters. The predicted molar refractivity (Wildman–Crippen MR) is 38.0 cm³/mol. The summed E-state index contributed by atoms with van der Waals surface area (Å²) in [6.07, 6.45) is 5.86. The van der Waals surface area contributed by atoms with Crippen molar-refractivity contribution in [1.29, 1.82) is 0 Å². The Morgan fingerprint density at radius 1 is 1.11 bits per heavy atom. The molecule has 2 N–H and O–H groups in total. The SMILES string of the molecule is NC[C@@H]1CC[C@H]2C[C@@H]2C1. The molecular formula is C8H15N. The predicted octanol–water partition coefficient (Wildman–Crippen LogP) is 1.38. The number of hydrogen-bond donors (Lipinski definition) is 1. The van der Waals surface area contributed by atoms with Crippen LogP contribution in [0.25, 0.3) is 0 Å². The molecule has 2 saturated carbocycles. The van der Waals surface area contributed by atoms with E-state index in [0.717, 1.165) is 24.3 Å². The monoisotopic (exact) mass is 125 g/mol. The average molecular weight is 125 g/mol. The van der Waals surface area contributed by atoms with E-state index < -0.39 is 0 Å².